The lowest BCUT2D eigenvalue weighted by molar-refractivity contribution is -0.144. The number of ether oxygens (including phenoxy) is 4. The zero-order valence-corrected chi connectivity index (χ0v) is 15.9. The molecular weight excluding hydrogens is 381 g/mol. The van der Waals surface area contributed by atoms with Crippen molar-refractivity contribution in [2.24, 2.45) is 0 Å². The highest BCUT2D eigenvalue weighted by molar-refractivity contribution is 5.89. The van der Waals surface area contributed by atoms with E-state index in [0.717, 1.165) is 11.6 Å². The van der Waals surface area contributed by atoms with E-state index in [0.29, 0.717) is 17.1 Å². The maximum absolute atomic E-state index is 13.6. The molecule has 0 aromatic heterocycles. The third-order valence-corrected chi connectivity index (χ3v) is 4.21. The van der Waals surface area contributed by atoms with Crippen molar-refractivity contribution in [3.8, 4) is 17.2 Å². The molecule has 8 heteroatoms. The second kappa shape index (κ2) is 9.09. The number of methoxy groups -OCH3 is 1. The van der Waals surface area contributed by atoms with Crippen molar-refractivity contribution in [3.63, 3.8) is 0 Å². The molecule has 2 aromatic carbocycles. The van der Waals surface area contributed by atoms with Crippen molar-refractivity contribution >= 4 is 18.0 Å². The number of carbonyl (C=O) groups excluding carboxylic acids is 2. The fourth-order valence-electron chi connectivity index (χ4n) is 2.68. The monoisotopic (exact) mass is 401 g/mol. The predicted molar refractivity (Wildman–Crippen MR) is 102 cm³/mol. The van der Waals surface area contributed by atoms with Gasteiger partial charge < -0.3 is 24.3 Å². The molecule has 1 aliphatic rings. The van der Waals surface area contributed by atoms with Crippen molar-refractivity contribution in [2.45, 2.75) is 13.0 Å². The summed E-state index contributed by atoms with van der Waals surface area (Å²) >= 11 is 0. The van der Waals surface area contributed by atoms with E-state index in [1.807, 2.05) is 6.07 Å². The van der Waals surface area contributed by atoms with Crippen LogP contribution in [0.2, 0.25) is 0 Å². The van der Waals surface area contributed by atoms with Crippen LogP contribution in [0.5, 0.6) is 17.2 Å². The SMILES string of the molecule is COc1ccc(/C=C/C(=O)OCC(=O)N[C@H](C)c2ccc3c(c2)OCO3)cc1F. The molecule has 0 radical (unpaired) electrons. The number of amides is 1. The highest BCUT2D eigenvalue weighted by Crippen LogP contribution is 2.34. The number of benzene rings is 2. The zero-order chi connectivity index (χ0) is 20.8. The number of nitrogens with one attached hydrogen (secondary N) is 1. The van der Waals surface area contributed by atoms with E-state index in [9.17, 15) is 14.0 Å². The molecule has 3 rings (SSSR count). The summed E-state index contributed by atoms with van der Waals surface area (Å²) in [7, 11) is 1.36. The van der Waals surface area contributed by atoms with Crippen LogP contribution in [0.1, 0.15) is 24.1 Å². The van der Waals surface area contributed by atoms with E-state index < -0.39 is 24.3 Å². The van der Waals surface area contributed by atoms with Crippen LogP contribution >= 0.6 is 0 Å². The fourth-order valence-corrected chi connectivity index (χ4v) is 2.68. The van der Waals surface area contributed by atoms with Crippen molar-refractivity contribution in [1.29, 1.82) is 0 Å². The minimum absolute atomic E-state index is 0.109. The summed E-state index contributed by atoms with van der Waals surface area (Å²) < 4.78 is 33.9. The number of hydrogen-bond donors (Lipinski definition) is 1. The molecule has 152 valence electrons. The summed E-state index contributed by atoms with van der Waals surface area (Å²) in [6.07, 6.45) is 2.51. The maximum Gasteiger partial charge on any atom is 0.331 e. The molecule has 0 fully saturated rings. The summed E-state index contributed by atoms with van der Waals surface area (Å²) in [5.41, 5.74) is 1.29. The van der Waals surface area contributed by atoms with Gasteiger partial charge in [-0.05, 0) is 48.4 Å². The number of hydrogen-bond acceptors (Lipinski definition) is 6. The fraction of sp³-hybridized carbons (Fsp3) is 0.238. The van der Waals surface area contributed by atoms with Crippen LogP contribution in [-0.4, -0.2) is 32.4 Å². The number of carbonyl (C=O) groups is 2. The van der Waals surface area contributed by atoms with Gasteiger partial charge >= 0.3 is 5.97 Å². The first-order chi connectivity index (χ1) is 14.0. The molecular formula is C21H20FNO6. The van der Waals surface area contributed by atoms with Crippen molar-refractivity contribution in [1.82, 2.24) is 5.32 Å². The van der Waals surface area contributed by atoms with Gasteiger partial charge in [-0.1, -0.05) is 12.1 Å². The van der Waals surface area contributed by atoms with Gasteiger partial charge in [0.2, 0.25) is 6.79 Å². The molecule has 0 saturated heterocycles. The van der Waals surface area contributed by atoms with Crippen LogP contribution in [0, 0.1) is 5.82 Å². The van der Waals surface area contributed by atoms with Crippen LogP contribution in [0.25, 0.3) is 6.08 Å². The zero-order valence-electron chi connectivity index (χ0n) is 15.9. The van der Waals surface area contributed by atoms with E-state index in [1.165, 1.54) is 25.3 Å². The molecule has 1 amide bonds. The molecule has 0 saturated carbocycles. The summed E-state index contributed by atoms with van der Waals surface area (Å²) in [5, 5.41) is 2.74. The second-order valence-electron chi connectivity index (χ2n) is 6.24. The molecule has 1 aliphatic heterocycles. The molecule has 0 unspecified atom stereocenters. The molecule has 0 spiro atoms. The Kier molecular flexibility index (Phi) is 6.33. The Morgan fingerprint density at radius 2 is 2.00 bits per heavy atom. The number of esters is 1. The van der Waals surface area contributed by atoms with Gasteiger partial charge in [0.1, 0.15) is 0 Å². The smallest absolute Gasteiger partial charge is 0.331 e. The Morgan fingerprint density at radius 3 is 2.76 bits per heavy atom. The van der Waals surface area contributed by atoms with E-state index >= 15 is 0 Å². The Morgan fingerprint density at radius 1 is 1.21 bits per heavy atom. The van der Waals surface area contributed by atoms with Crippen molar-refractivity contribution in [2.75, 3.05) is 20.5 Å². The van der Waals surface area contributed by atoms with Crippen molar-refractivity contribution in [3.05, 3.63) is 59.4 Å². The lowest BCUT2D eigenvalue weighted by atomic mass is 10.1. The third-order valence-electron chi connectivity index (χ3n) is 4.21. The summed E-state index contributed by atoms with van der Waals surface area (Å²) in [6, 6.07) is 9.33. The van der Waals surface area contributed by atoms with Gasteiger partial charge in [0.05, 0.1) is 13.2 Å². The lowest BCUT2D eigenvalue weighted by Gasteiger charge is -2.14. The van der Waals surface area contributed by atoms with Gasteiger partial charge in [-0.25, -0.2) is 9.18 Å². The van der Waals surface area contributed by atoms with Gasteiger partial charge in [0, 0.05) is 6.08 Å². The summed E-state index contributed by atoms with van der Waals surface area (Å²) in [5.74, 6) is -0.322. The molecule has 1 heterocycles. The topological polar surface area (TPSA) is 83.1 Å². The quantitative estimate of drug-likeness (QED) is 0.567. The first kappa shape index (κ1) is 20.2. The molecule has 1 atom stereocenters. The van der Waals surface area contributed by atoms with E-state index in [4.69, 9.17) is 18.9 Å². The molecule has 2 aromatic rings. The summed E-state index contributed by atoms with van der Waals surface area (Å²) in [4.78, 5) is 23.8. The van der Waals surface area contributed by atoms with Gasteiger partial charge in [-0.3, -0.25) is 4.79 Å². The minimum atomic E-state index is -0.716. The highest BCUT2D eigenvalue weighted by atomic mass is 19.1. The first-order valence-corrected chi connectivity index (χ1v) is 8.83. The van der Waals surface area contributed by atoms with Crippen molar-refractivity contribution < 1.29 is 32.9 Å². The molecule has 7 nitrogen and oxygen atoms in total. The highest BCUT2D eigenvalue weighted by Gasteiger charge is 2.17. The Labute approximate surface area is 167 Å². The molecule has 0 aliphatic carbocycles. The van der Waals surface area contributed by atoms with E-state index in [1.54, 1.807) is 25.1 Å². The minimum Gasteiger partial charge on any atom is -0.494 e. The Balaban J connectivity index is 1.47. The predicted octanol–water partition coefficient (Wildman–Crippen LogP) is 3.00. The average molecular weight is 401 g/mol. The number of rotatable bonds is 7. The third kappa shape index (κ3) is 5.25. The van der Waals surface area contributed by atoms with Gasteiger partial charge in [-0.15, -0.1) is 0 Å². The first-order valence-electron chi connectivity index (χ1n) is 8.83. The Bertz CT molecular complexity index is 943. The van der Waals surface area contributed by atoms with Crippen LogP contribution in [-0.2, 0) is 14.3 Å². The number of halogens is 1. The van der Waals surface area contributed by atoms with Gasteiger partial charge in [0.25, 0.3) is 5.91 Å². The normalized spacial score (nSPS) is 13.2. The largest absolute Gasteiger partial charge is 0.494 e. The average Bonchev–Trinajstić information content (AvgIpc) is 3.18. The van der Waals surface area contributed by atoms with Crippen LogP contribution in [0.15, 0.2) is 42.5 Å². The van der Waals surface area contributed by atoms with Crippen LogP contribution < -0.4 is 19.5 Å². The van der Waals surface area contributed by atoms with Crippen LogP contribution in [0.4, 0.5) is 4.39 Å². The van der Waals surface area contributed by atoms with E-state index in [2.05, 4.69) is 5.32 Å². The van der Waals surface area contributed by atoms with Crippen LogP contribution in [0.3, 0.4) is 0 Å². The lowest BCUT2D eigenvalue weighted by Crippen LogP contribution is -2.30. The van der Waals surface area contributed by atoms with Gasteiger partial charge in [0.15, 0.2) is 29.7 Å². The summed E-state index contributed by atoms with van der Waals surface area (Å²) in [6.45, 7) is 1.54. The van der Waals surface area contributed by atoms with E-state index in [-0.39, 0.29) is 18.6 Å². The second-order valence-corrected chi connectivity index (χ2v) is 6.24. The molecule has 0 bridgehead atoms. The molecule has 1 N–H and O–H groups in total. The Hall–Kier alpha value is -3.55. The standard InChI is InChI=1S/C21H20FNO6/c1-13(15-5-7-18-19(10-15)29-12-28-18)23-20(24)11-27-21(25)8-4-14-3-6-17(26-2)16(22)9-14/h3-10,13H,11-12H2,1-2H3,(H,23,24)/b8-4+/t13-/m1/s1. The maximum atomic E-state index is 13.6. The van der Waals surface area contributed by atoms with Gasteiger partial charge in [-0.2, -0.15) is 0 Å². The number of fused-ring (bicyclic) bond motifs is 1. The molecule has 29 heavy (non-hydrogen) atoms.